The summed E-state index contributed by atoms with van der Waals surface area (Å²) >= 11 is 0. The fourth-order valence-corrected chi connectivity index (χ4v) is 3.72. The Kier molecular flexibility index (Phi) is 5.51. The third kappa shape index (κ3) is 4.03. The van der Waals surface area contributed by atoms with E-state index in [0.29, 0.717) is 32.1 Å². The highest BCUT2D eigenvalue weighted by atomic mass is 16.5. The molecule has 2 fully saturated rings. The van der Waals surface area contributed by atoms with Crippen molar-refractivity contribution in [3.05, 3.63) is 36.7 Å². The van der Waals surface area contributed by atoms with Gasteiger partial charge in [0.25, 0.3) is 0 Å². The van der Waals surface area contributed by atoms with E-state index in [2.05, 4.69) is 11.6 Å². The second-order valence-electron chi connectivity index (χ2n) is 6.42. The molecule has 1 aromatic heterocycles. The van der Waals surface area contributed by atoms with E-state index in [1.807, 2.05) is 23.2 Å². The summed E-state index contributed by atoms with van der Waals surface area (Å²) in [5.41, 5.74) is 1.12. The van der Waals surface area contributed by atoms with Gasteiger partial charge in [0.1, 0.15) is 0 Å². The summed E-state index contributed by atoms with van der Waals surface area (Å²) in [6, 6.07) is 4.21. The molecule has 3 rings (SSSR count). The largest absolute Gasteiger partial charge is 0.377 e. The van der Waals surface area contributed by atoms with E-state index in [0.717, 1.165) is 31.6 Å². The van der Waals surface area contributed by atoms with Crippen molar-refractivity contribution in [1.29, 1.82) is 0 Å². The first-order chi connectivity index (χ1) is 11.3. The summed E-state index contributed by atoms with van der Waals surface area (Å²) < 4.78 is 11.5. The zero-order chi connectivity index (χ0) is 16.1. The summed E-state index contributed by atoms with van der Waals surface area (Å²) in [4.78, 5) is 17.8. The lowest BCUT2D eigenvalue weighted by Gasteiger charge is -2.37. The number of H-pyrrole nitrogens is 1. The molecule has 2 heterocycles. The van der Waals surface area contributed by atoms with Gasteiger partial charge in [-0.15, -0.1) is 6.58 Å². The van der Waals surface area contributed by atoms with Crippen molar-refractivity contribution in [2.24, 2.45) is 5.92 Å². The number of aromatic amines is 1. The Morgan fingerprint density at radius 1 is 1.52 bits per heavy atom. The van der Waals surface area contributed by atoms with Crippen LogP contribution in [0.5, 0.6) is 0 Å². The molecule has 2 aliphatic rings. The first kappa shape index (κ1) is 16.3. The summed E-state index contributed by atoms with van der Waals surface area (Å²) in [5.74, 6) is 0.715. The topological polar surface area (TPSA) is 54.6 Å². The second-order valence-corrected chi connectivity index (χ2v) is 6.42. The van der Waals surface area contributed by atoms with E-state index in [-0.39, 0.29) is 18.1 Å². The smallest absolute Gasteiger partial charge is 0.223 e. The van der Waals surface area contributed by atoms with Crippen LogP contribution in [-0.4, -0.2) is 54.3 Å². The molecule has 1 N–H and O–H groups in total. The number of morpholine rings is 1. The highest BCUT2D eigenvalue weighted by Crippen LogP contribution is 2.34. The van der Waals surface area contributed by atoms with Gasteiger partial charge in [-0.1, -0.05) is 6.08 Å². The molecule has 3 atom stereocenters. The van der Waals surface area contributed by atoms with E-state index in [1.54, 1.807) is 6.08 Å². The molecular weight excluding hydrogens is 292 g/mol. The second kappa shape index (κ2) is 7.79. The fourth-order valence-electron chi connectivity index (χ4n) is 3.72. The van der Waals surface area contributed by atoms with Crippen molar-refractivity contribution in [2.45, 2.75) is 37.8 Å². The third-order valence-electron chi connectivity index (χ3n) is 4.81. The maximum absolute atomic E-state index is 12.6. The van der Waals surface area contributed by atoms with Crippen molar-refractivity contribution < 1.29 is 14.3 Å². The average Bonchev–Trinajstić information content (AvgIpc) is 3.21. The van der Waals surface area contributed by atoms with Gasteiger partial charge >= 0.3 is 0 Å². The van der Waals surface area contributed by atoms with Crippen molar-refractivity contribution >= 4 is 5.91 Å². The number of nitrogens with one attached hydrogen (secondary N) is 1. The van der Waals surface area contributed by atoms with Crippen LogP contribution >= 0.6 is 0 Å². The van der Waals surface area contributed by atoms with Gasteiger partial charge in [-0.05, 0) is 37.3 Å². The number of aromatic nitrogens is 1. The van der Waals surface area contributed by atoms with Crippen LogP contribution in [0.1, 0.15) is 25.0 Å². The van der Waals surface area contributed by atoms with Crippen molar-refractivity contribution in [3.8, 4) is 0 Å². The molecule has 5 heteroatoms. The van der Waals surface area contributed by atoms with E-state index in [4.69, 9.17) is 9.47 Å². The van der Waals surface area contributed by atoms with Crippen LogP contribution in [0.4, 0.5) is 0 Å². The number of fused-ring (bicyclic) bond motifs is 1. The number of amides is 1. The highest BCUT2D eigenvalue weighted by molar-refractivity contribution is 5.77. The molecule has 1 aliphatic heterocycles. The number of nitrogens with zero attached hydrogens (tertiary/aromatic N) is 1. The molecule has 0 spiro atoms. The van der Waals surface area contributed by atoms with Gasteiger partial charge in [-0.3, -0.25) is 4.79 Å². The number of rotatable bonds is 7. The Hall–Kier alpha value is -1.59. The van der Waals surface area contributed by atoms with Crippen molar-refractivity contribution in [1.82, 2.24) is 9.88 Å². The van der Waals surface area contributed by atoms with Crippen molar-refractivity contribution in [3.63, 3.8) is 0 Å². The summed E-state index contributed by atoms with van der Waals surface area (Å²) in [6.45, 7) is 6.35. The first-order valence-electron chi connectivity index (χ1n) is 8.50. The lowest BCUT2D eigenvalue weighted by Crippen LogP contribution is -2.51. The normalized spacial score (nSPS) is 27.0. The molecule has 1 saturated carbocycles. The lowest BCUT2D eigenvalue weighted by molar-refractivity contribution is -0.143. The van der Waals surface area contributed by atoms with Crippen LogP contribution in [-0.2, 0) is 20.7 Å². The number of carbonyl (C=O) groups excluding carboxylic acids is 1. The van der Waals surface area contributed by atoms with Gasteiger partial charge in [-0.25, -0.2) is 0 Å². The van der Waals surface area contributed by atoms with Crippen molar-refractivity contribution in [2.75, 3.05) is 26.4 Å². The number of ether oxygens (including phenoxy) is 2. The van der Waals surface area contributed by atoms with Gasteiger partial charge in [0.05, 0.1) is 25.4 Å². The van der Waals surface area contributed by atoms with E-state index in [1.165, 1.54) is 0 Å². The molecule has 23 heavy (non-hydrogen) atoms. The Morgan fingerprint density at radius 2 is 2.43 bits per heavy atom. The molecular formula is C18H26N2O3. The Labute approximate surface area is 137 Å². The Morgan fingerprint density at radius 3 is 3.22 bits per heavy atom. The number of aryl methyl sites for hydroxylation is 1. The molecule has 1 saturated heterocycles. The Balaban J connectivity index is 1.52. The Bertz CT molecular complexity index is 514. The number of carbonyl (C=O) groups is 1. The van der Waals surface area contributed by atoms with Gasteiger partial charge in [0.15, 0.2) is 0 Å². The third-order valence-corrected chi connectivity index (χ3v) is 4.81. The maximum atomic E-state index is 12.6. The van der Waals surface area contributed by atoms with Crippen LogP contribution in [0, 0.1) is 5.92 Å². The zero-order valence-corrected chi connectivity index (χ0v) is 13.6. The zero-order valence-electron chi connectivity index (χ0n) is 13.6. The average molecular weight is 318 g/mol. The fraction of sp³-hybridized carbons (Fsp3) is 0.611. The van der Waals surface area contributed by atoms with Crippen LogP contribution in [0.2, 0.25) is 0 Å². The standard InChI is InChI=1S/C18H26N2O3/c1-2-9-22-13-14-11-16-17(12-14)23-10-8-20(16)18(21)6-5-15-4-3-7-19-15/h2-4,7,14,16-17,19H,1,5-6,8-13H2. The maximum Gasteiger partial charge on any atom is 0.223 e. The van der Waals surface area contributed by atoms with E-state index in [9.17, 15) is 4.79 Å². The minimum Gasteiger partial charge on any atom is -0.377 e. The quantitative estimate of drug-likeness (QED) is 0.619. The van der Waals surface area contributed by atoms with Crippen LogP contribution in [0.15, 0.2) is 31.0 Å². The summed E-state index contributed by atoms with van der Waals surface area (Å²) in [6.07, 6.45) is 7.15. The first-order valence-corrected chi connectivity index (χ1v) is 8.50. The predicted molar refractivity (Wildman–Crippen MR) is 88.1 cm³/mol. The minimum absolute atomic E-state index is 0.176. The molecule has 0 aromatic carbocycles. The molecule has 1 amide bonds. The lowest BCUT2D eigenvalue weighted by atomic mass is 10.1. The SMILES string of the molecule is C=CCOCC1CC2OCCN(C(=O)CCc3ccc[nH]3)C2C1. The van der Waals surface area contributed by atoms with E-state index >= 15 is 0 Å². The monoisotopic (exact) mass is 318 g/mol. The van der Waals surface area contributed by atoms with Gasteiger partial charge in [0, 0.05) is 31.5 Å². The van der Waals surface area contributed by atoms with E-state index < -0.39 is 0 Å². The summed E-state index contributed by atoms with van der Waals surface area (Å²) in [7, 11) is 0. The number of hydrogen-bond acceptors (Lipinski definition) is 3. The highest BCUT2D eigenvalue weighted by Gasteiger charge is 2.42. The van der Waals surface area contributed by atoms with Crippen LogP contribution < -0.4 is 0 Å². The summed E-state index contributed by atoms with van der Waals surface area (Å²) in [5, 5.41) is 0. The van der Waals surface area contributed by atoms with Gasteiger partial charge in [-0.2, -0.15) is 0 Å². The molecule has 126 valence electrons. The minimum atomic E-state index is 0.176. The molecule has 1 aliphatic carbocycles. The molecule has 0 bridgehead atoms. The molecule has 5 nitrogen and oxygen atoms in total. The van der Waals surface area contributed by atoms with Gasteiger partial charge < -0.3 is 19.4 Å². The molecule has 0 radical (unpaired) electrons. The predicted octanol–water partition coefficient (Wildman–Crippen LogP) is 2.16. The van der Waals surface area contributed by atoms with Crippen LogP contribution in [0.25, 0.3) is 0 Å². The number of hydrogen-bond donors (Lipinski definition) is 1. The van der Waals surface area contributed by atoms with Crippen LogP contribution in [0.3, 0.4) is 0 Å². The molecule has 3 unspecified atom stereocenters. The molecule has 1 aromatic rings. The van der Waals surface area contributed by atoms with Gasteiger partial charge in [0.2, 0.25) is 5.91 Å².